The van der Waals surface area contributed by atoms with Crippen LogP contribution < -0.4 is 5.32 Å². The molecule has 0 aromatic carbocycles. The molecule has 0 saturated carbocycles. The number of nitrogens with one attached hydrogen (secondary N) is 1. The van der Waals surface area contributed by atoms with Crippen LogP contribution >= 0.6 is 0 Å². The number of anilines is 1. The summed E-state index contributed by atoms with van der Waals surface area (Å²) in [6.07, 6.45) is 5.07. The first-order valence-electron chi connectivity index (χ1n) is 6.69. The van der Waals surface area contributed by atoms with Gasteiger partial charge in [-0.05, 0) is 26.2 Å². The summed E-state index contributed by atoms with van der Waals surface area (Å²) in [6, 6.07) is -0.183. The zero-order valence-corrected chi connectivity index (χ0v) is 11.4. The van der Waals surface area contributed by atoms with Gasteiger partial charge in [-0.3, -0.25) is 9.48 Å². The Kier molecular flexibility index (Phi) is 3.89. The van der Waals surface area contributed by atoms with Crippen molar-refractivity contribution >= 4 is 11.6 Å². The van der Waals surface area contributed by atoms with E-state index in [1.807, 2.05) is 25.1 Å². The number of aryl methyl sites for hydroxylation is 2. The number of carbonyl (C=O) groups excluding carboxylic acids is 1. The smallest absolute Gasteiger partial charge is 0.244 e. The van der Waals surface area contributed by atoms with Crippen LogP contribution in [0.3, 0.4) is 0 Å². The third-order valence-corrected chi connectivity index (χ3v) is 3.40. The van der Waals surface area contributed by atoms with Gasteiger partial charge in [0.25, 0.3) is 0 Å². The highest BCUT2D eigenvalue weighted by Gasteiger charge is 2.23. The molecule has 0 bridgehead atoms. The molecule has 2 heterocycles. The van der Waals surface area contributed by atoms with E-state index in [2.05, 4.69) is 17.3 Å². The molecule has 1 saturated heterocycles. The van der Waals surface area contributed by atoms with E-state index in [-0.39, 0.29) is 11.9 Å². The summed E-state index contributed by atoms with van der Waals surface area (Å²) in [5.74, 6) is 0.193. The maximum Gasteiger partial charge on any atom is 0.244 e. The average molecular weight is 250 g/mol. The van der Waals surface area contributed by atoms with Crippen LogP contribution in [0, 0.1) is 0 Å². The molecule has 5 heteroatoms. The number of amides is 1. The summed E-state index contributed by atoms with van der Waals surface area (Å²) >= 11 is 0. The van der Waals surface area contributed by atoms with Crippen LogP contribution in [0.4, 0.5) is 5.69 Å². The van der Waals surface area contributed by atoms with E-state index in [9.17, 15) is 4.79 Å². The van der Waals surface area contributed by atoms with Crippen LogP contribution in [0.2, 0.25) is 0 Å². The average Bonchev–Trinajstić information content (AvgIpc) is 2.97. The van der Waals surface area contributed by atoms with E-state index in [0.29, 0.717) is 0 Å². The second-order valence-corrected chi connectivity index (χ2v) is 4.92. The minimum atomic E-state index is -0.183. The largest absolute Gasteiger partial charge is 0.371 e. The van der Waals surface area contributed by atoms with E-state index in [4.69, 9.17) is 0 Å². The molecule has 1 aromatic rings. The van der Waals surface area contributed by atoms with Crippen LogP contribution in [-0.2, 0) is 18.3 Å². The number of carbonyl (C=O) groups is 1. The molecule has 100 valence electrons. The first kappa shape index (κ1) is 12.9. The molecular formula is C13H22N4O. The Morgan fingerprint density at radius 2 is 2.17 bits per heavy atom. The van der Waals surface area contributed by atoms with Crippen LogP contribution in [-0.4, -0.2) is 39.7 Å². The number of hydrogen-bond donors (Lipinski definition) is 1. The lowest BCUT2D eigenvalue weighted by molar-refractivity contribution is -0.130. The summed E-state index contributed by atoms with van der Waals surface area (Å²) in [6.45, 7) is 5.80. The number of rotatable bonds is 4. The van der Waals surface area contributed by atoms with Gasteiger partial charge in [-0.25, -0.2) is 0 Å². The van der Waals surface area contributed by atoms with Crippen molar-refractivity contribution in [3.05, 3.63) is 11.9 Å². The van der Waals surface area contributed by atoms with Crippen LogP contribution in [0.1, 0.15) is 32.4 Å². The lowest BCUT2D eigenvalue weighted by Gasteiger charge is -2.21. The first-order valence-corrected chi connectivity index (χ1v) is 6.69. The molecule has 2 rings (SSSR count). The van der Waals surface area contributed by atoms with Gasteiger partial charge in [0.1, 0.15) is 6.04 Å². The molecule has 1 aliphatic rings. The monoisotopic (exact) mass is 250 g/mol. The Hall–Kier alpha value is -1.52. The molecule has 1 amide bonds. The molecule has 1 fully saturated rings. The predicted octanol–water partition coefficient (Wildman–Crippen LogP) is 1.41. The van der Waals surface area contributed by atoms with Crippen molar-refractivity contribution in [3.63, 3.8) is 0 Å². The Morgan fingerprint density at radius 3 is 2.78 bits per heavy atom. The molecule has 1 atom stereocenters. The first-order chi connectivity index (χ1) is 8.61. The second kappa shape index (κ2) is 5.42. The van der Waals surface area contributed by atoms with Crippen LogP contribution in [0.15, 0.2) is 6.20 Å². The van der Waals surface area contributed by atoms with Gasteiger partial charge < -0.3 is 10.2 Å². The lowest BCUT2D eigenvalue weighted by Crippen LogP contribution is -2.39. The summed E-state index contributed by atoms with van der Waals surface area (Å²) in [7, 11) is 1.90. The van der Waals surface area contributed by atoms with Gasteiger partial charge in [-0.15, -0.1) is 0 Å². The van der Waals surface area contributed by atoms with Gasteiger partial charge in [-0.2, -0.15) is 5.10 Å². The second-order valence-electron chi connectivity index (χ2n) is 4.92. The highest BCUT2D eigenvalue weighted by Crippen LogP contribution is 2.16. The molecule has 0 spiro atoms. The lowest BCUT2D eigenvalue weighted by atomic mass is 10.2. The quantitative estimate of drug-likeness (QED) is 0.879. The zero-order valence-electron chi connectivity index (χ0n) is 11.4. The molecule has 1 aliphatic heterocycles. The molecular weight excluding hydrogens is 228 g/mol. The summed E-state index contributed by atoms with van der Waals surface area (Å²) in [4.78, 5) is 14.1. The number of nitrogens with zero attached hydrogens (tertiary/aromatic N) is 3. The van der Waals surface area contributed by atoms with Gasteiger partial charge in [0, 0.05) is 26.3 Å². The normalized spacial score (nSPS) is 16.9. The van der Waals surface area contributed by atoms with E-state index in [0.717, 1.165) is 43.7 Å². The minimum Gasteiger partial charge on any atom is -0.371 e. The van der Waals surface area contributed by atoms with Crippen molar-refractivity contribution in [1.82, 2.24) is 14.7 Å². The summed E-state index contributed by atoms with van der Waals surface area (Å²) in [5, 5.41) is 7.65. The number of likely N-dealkylation sites (tertiary alicyclic amines) is 1. The molecule has 5 nitrogen and oxygen atoms in total. The predicted molar refractivity (Wildman–Crippen MR) is 71.5 cm³/mol. The maximum atomic E-state index is 12.2. The van der Waals surface area contributed by atoms with E-state index in [1.54, 1.807) is 4.68 Å². The fourth-order valence-corrected chi connectivity index (χ4v) is 2.42. The fourth-order valence-electron chi connectivity index (χ4n) is 2.42. The molecule has 0 aliphatic carbocycles. The van der Waals surface area contributed by atoms with Crippen molar-refractivity contribution in [2.45, 2.75) is 39.2 Å². The highest BCUT2D eigenvalue weighted by molar-refractivity contribution is 5.84. The third-order valence-electron chi connectivity index (χ3n) is 3.40. The van der Waals surface area contributed by atoms with E-state index in [1.165, 1.54) is 0 Å². The summed E-state index contributed by atoms with van der Waals surface area (Å²) < 4.78 is 1.79. The van der Waals surface area contributed by atoms with E-state index >= 15 is 0 Å². The third kappa shape index (κ3) is 2.66. The molecule has 18 heavy (non-hydrogen) atoms. The standard InChI is InChI=1S/C13H22N4O/c1-4-11-12(9-16(3)15-11)14-10(2)13(18)17-7-5-6-8-17/h9-10,14H,4-8H2,1-3H3. The molecule has 1 aromatic heterocycles. The Morgan fingerprint density at radius 1 is 1.50 bits per heavy atom. The van der Waals surface area contributed by atoms with Crippen molar-refractivity contribution in [2.24, 2.45) is 7.05 Å². The Balaban J connectivity index is 2.01. The highest BCUT2D eigenvalue weighted by atomic mass is 16.2. The van der Waals surface area contributed by atoms with Crippen molar-refractivity contribution < 1.29 is 4.79 Å². The SMILES string of the molecule is CCc1nn(C)cc1NC(C)C(=O)N1CCCC1. The zero-order chi connectivity index (χ0) is 13.1. The van der Waals surface area contributed by atoms with Crippen molar-refractivity contribution in [1.29, 1.82) is 0 Å². The molecule has 0 radical (unpaired) electrons. The topological polar surface area (TPSA) is 50.2 Å². The van der Waals surface area contributed by atoms with Crippen LogP contribution in [0.25, 0.3) is 0 Å². The van der Waals surface area contributed by atoms with Crippen molar-refractivity contribution in [3.8, 4) is 0 Å². The minimum absolute atomic E-state index is 0.183. The van der Waals surface area contributed by atoms with Gasteiger partial charge in [0.15, 0.2) is 0 Å². The molecule has 1 N–H and O–H groups in total. The van der Waals surface area contributed by atoms with Crippen LogP contribution in [0.5, 0.6) is 0 Å². The molecule has 1 unspecified atom stereocenters. The van der Waals surface area contributed by atoms with Gasteiger partial charge in [0.2, 0.25) is 5.91 Å². The maximum absolute atomic E-state index is 12.2. The fraction of sp³-hybridized carbons (Fsp3) is 0.692. The van der Waals surface area contributed by atoms with Gasteiger partial charge >= 0.3 is 0 Å². The Labute approximate surface area is 108 Å². The Bertz CT molecular complexity index is 421. The van der Waals surface area contributed by atoms with Crippen molar-refractivity contribution in [2.75, 3.05) is 18.4 Å². The number of aromatic nitrogens is 2. The van der Waals surface area contributed by atoms with Gasteiger partial charge in [0.05, 0.1) is 11.4 Å². The van der Waals surface area contributed by atoms with Gasteiger partial charge in [-0.1, -0.05) is 6.92 Å². The van der Waals surface area contributed by atoms with E-state index < -0.39 is 0 Å². The number of hydrogen-bond acceptors (Lipinski definition) is 3. The summed E-state index contributed by atoms with van der Waals surface area (Å²) in [5.41, 5.74) is 1.98.